The van der Waals surface area contributed by atoms with Crippen molar-refractivity contribution in [1.82, 2.24) is 15.1 Å². The summed E-state index contributed by atoms with van der Waals surface area (Å²) in [5.41, 5.74) is 1.76. The minimum absolute atomic E-state index is 0.246. The molecule has 0 radical (unpaired) electrons. The van der Waals surface area contributed by atoms with Gasteiger partial charge < -0.3 is 10.0 Å². The molecule has 2 rings (SSSR count). The predicted octanol–water partition coefficient (Wildman–Crippen LogP) is 1.67. The zero-order valence-electron chi connectivity index (χ0n) is 12.7. The Bertz CT molecular complexity index is 559. The zero-order chi connectivity index (χ0) is 15.6. The molecule has 0 aliphatic carbocycles. The number of carboxylic acids is 1. The number of piperidine rings is 1. The number of hydrogen-bond acceptors (Lipinski definition) is 4. The first kappa shape index (κ1) is 15.4. The van der Waals surface area contributed by atoms with Crippen LogP contribution in [0.2, 0.25) is 0 Å². The van der Waals surface area contributed by atoms with Crippen LogP contribution in [0, 0.1) is 12.8 Å². The average Bonchev–Trinajstić information content (AvgIpc) is 2.46. The average molecular weight is 291 g/mol. The Balaban J connectivity index is 2.34. The zero-order valence-corrected chi connectivity index (χ0v) is 12.7. The maximum absolute atomic E-state index is 12.7. The van der Waals surface area contributed by atoms with Gasteiger partial charge in [0, 0.05) is 6.54 Å². The van der Waals surface area contributed by atoms with E-state index in [-0.39, 0.29) is 5.91 Å². The second-order valence-electron chi connectivity index (χ2n) is 5.68. The van der Waals surface area contributed by atoms with Gasteiger partial charge in [0.05, 0.1) is 17.0 Å². The van der Waals surface area contributed by atoms with E-state index in [1.165, 1.54) is 4.90 Å². The van der Waals surface area contributed by atoms with Gasteiger partial charge in [-0.15, -0.1) is 0 Å². The van der Waals surface area contributed by atoms with Crippen molar-refractivity contribution in [2.45, 2.75) is 46.1 Å². The molecule has 0 bridgehead atoms. The van der Waals surface area contributed by atoms with Gasteiger partial charge >= 0.3 is 5.97 Å². The first-order chi connectivity index (χ1) is 9.93. The van der Waals surface area contributed by atoms with Crippen molar-refractivity contribution in [1.29, 1.82) is 0 Å². The van der Waals surface area contributed by atoms with Gasteiger partial charge in [0.1, 0.15) is 6.04 Å². The van der Waals surface area contributed by atoms with E-state index < -0.39 is 12.0 Å². The predicted molar refractivity (Wildman–Crippen MR) is 77.0 cm³/mol. The highest BCUT2D eigenvalue weighted by molar-refractivity contribution is 5.97. The van der Waals surface area contributed by atoms with E-state index in [0.29, 0.717) is 42.3 Å². The molecule has 0 saturated carbocycles. The molecule has 2 heterocycles. The van der Waals surface area contributed by atoms with Crippen molar-refractivity contribution in [3.8, 4) is 0 Å². The van der Waals surface area contributed by atoms with Crippen LogP contribution in [-0.2, 0) is 11.2 Å². The lowest BCUT2D eigenvalue weighted by Crippen LogP contribution is -2.50. The monoisotopic (exact) mass is 291 g/mol. The number of aliphatic carboxylic acids is 1. The summed E-state index contributed by atoms with van der Waals surface area (Å²) in [5, 5.41) is 17.4. The standard InChI is InChI=1S/C15H21N3O3/c1-4-12-11(8-10(3)16-17-12)14(19)18-6-5-9(2)7-13(18)15(20)21/h8-9,13H,4-7H2,1-3H3,(H,20,21). The van der Waals surface area contributed by atoms with Crippen LogP contribution in [0.3, 0.4) is 0 Å². The van der Waals surface area contributed by atoms with Crippen LogP contribution in [0.15, 0.2) is 6.07 Å². The van der Waals surface area contributed by atoms with E-state index in [9.17, 15) is 14.7 Å². The molecule has 1 amide bonds. The Morgan fingerprint density at radius 2 is 2.14 bits per heavy atom. The third-order valence-corrected chi connectivity index (χ3v) is 3.97. The number of aryl methyl sites for hydroxylation is 2. The summed E-state index contributed by atoms with van der Waals surface area (Å²) in [6, 6.07) is 0.949. The van der Waals surface area contributed by atoms with Crippen molar-refractivity contribution in [3.63, 3.8) is 0 Å². The molecule has 1 aromatic rings. The van der Waals surface area contributed by atoms with Crippen LogP contribution in [-0.4, -0.2) is 44.7 Å². The Labute approximate surface area is 124 Å². The number of amides is 1. The van der Waals surface area contributed by atoms with Crippen LogP contribution in [0.25, 0.3) is 0 Å². The summed E-state index contributed by atoms with van der Waals surface area (Å²) in [6.07, 6.45) is 1.92. The molecule has 0 spiro atoms. The van der Waals surface area contributed by atoms with Gasteiger partial charge in [0.15, 0.2) is 0 Å². The summed E-state index contributed by atoms with van der Waals surface area (Å²) in [7, 11) is 0. The molecule has 1 aliphatic rings. The first-order valence-electron chi connectivity index (χ1n) is 7.31. The summed E-state index contributed by atoms with van der Waals surface area (Å²) >= 11 is 0. The summed E-state index contributed by atoms with van der Waals surface area (Å²) in [5.74, 6) is -0.867. The molecule has 2 atom stereocenters. The van der Waals surface area contributed by atoms with Crippen molar-refractivity contribution >= 4 is 11.9 Å². The van der Waals surface area contributed by atoms with Crippen molar-refractivity contribution in [2.24, 2.45) is 5.92 Å². The van der Waals surface area contributed by atoms with Crippen LogP contribution in [0.5, 0.6) is 0 Å². The number of nitrogens with zero attached hydrogens (tertiary/aromatic N) is 3. The number of hydrogen-bond donors (Lipinski definition) is 1. The highest BCUT2D eigenvalue weighted by atomic mass is 16.4. The summed E-state index contributed by atoms with van der Waals surface area (Å²) in [4.78, 5) is 25.7. The Kier molecular flexibility index (Phi) is 4.55. The van der Waals surface area contributed by atoms with Crippen molar-refractivity contribution < 1.29 is 14.7 Å². The Hall–Kier alpha value is -1.98. The number of rotatable bonds is 3. The van der Waals surface area contributed by atoms with Gasteiger partial charge in [-0.2, -0.15) is 10.2 Å². The largest absolute Gasteiger partial charge is 0.480 e. The van der Waals surface area contributed by atoms with Crippen molar-refractivity contribution in [2.75, 3.05) is 6.54 Å². The number of aromatic nitrogens is 2. The number of carbonyl (C=O) groups excluding carboxylic acids is 1. The van der Waals surface area contributed by atoms with E-state index in [1.54, 1.807) is 13.0 Å². The lowest BCUT2D eigenvalue weighted by atomic mass is 9.91. The number of carboxylic acid groups (broad SMARTS) is 1. The second kappa shape index (κ2) is 6.20. The first-order valence-corrected chi connectivity index (χ1v) is 7.31. The van der Waals surface area contributed by atoms with E-state index >= 15 is 0 Å². The molecule has 1 fully saturated rings. The van der Waals surface area contributed by atoms with Gasteiger partial charge in [-0.3, -0.25) is 4.79 Å². The Morgan fingerprint density at radius 3 is 2.76 bits per heavy atom. The molecule has 6 nitrogen and oxygen atoms in total. The minimum Gasteiger partial charge on any atom is -0.480 e. The number of carbonyl (C=O) groups is 2. The van der Waals surface area contributed by atoms with E-state index in [1.807, 2.05) is 13.8 Å². The molecular weight excluding hydrogens is 270 g/mol. The molecule has 1 N–H and O–H groups in total. The highest BCUT2D eigenvalue weighted by Gasteiger charge is 2.35. The molecular formula is C15H21N3O3. The second-order valence-corrected chi connectivity index (χ2v) is 5.68. The molecule has 6 heteroatoms. The Morgan fingerprint density at radius 1 is 1.43 bits per heavy atom. The number of likely N-dealkylation sites (tertiary alicyclic amines) is 1. The van der Waals surface area contributed by atoms with E-state index in [4.69, 9.17) is 0 Å². The highest BCUT2D eigenvalue weighted by Crippen LogP contribution is 2.25. The van der Waals surface area contributed by atoms with Gasteiger partial charge in [0.25, 0.3) is 5.91 Å². The molecule has 1 aliphatic heterocycles. The summed E-state index contributed by atoms with van der Waals surface area (Å²) in [6.45, 7) is 6.17. The van der Waals surface area contributed by atoms with Crippen LogP contribution in [0.4, 0.5) is 0 Å². The van der Waals surface area contributed by atoms with Crippen LogP contribution >= 0.6 is 0 Å². The third kappa shape index (κ3) is 3.20. The molecule has 1 saturated heterocycles. The van der Waals surface area contributed by atoms with Crippen molar-refractivity contribution in [3.05, 3.63) is 23.0 Å². The van der Waals surface area contributed by atoms with E-state index in [0.717, 1.165) is 6.42 Å². The molecule has 21 heavy (non-hydrogen) atoms. The van der Waals surface area contributed by atoms with Gasteiger partial charge in [-0.1, -0.05) is 13.8 Å². The van der Waals surface area contributed by atoms with Gasteiger partial charge in [0.2, 0.25) is 0 Å². The lowest BCUT2D eigenvalue weighted by molar-refractivity contribution is -0.144. The van der Waals surface area contributed by atoms with Crippen LogP contribution < -0.4 is 0 Å². The lowest BCUT2D eigenvalue weighted by Gasteiger charge is -2.36. The third-order valence-electron chi connectivity index (χ3n) is 3.97. The maximum Gasteiger partial charge on any atom is 0.326 e. The normalized spacial score (nSPS) is 22.1. The fourth-order valence-electron chi connectivity index (χ4n) is 2.73. The molecule has 114 valence electrons. The quantitative estimate of drug-likeness (QED) is 0.916. The smallest absolute Gasteiger partial charge is 0.326 e. The van der Waals surface area contributed by atoms with E-state index in [2.05, 4.69) is 10.2 Å². The topological polar surface area (TPSA) is 83.4 Å². The minimum atomic E-state index is -0.938. The fraction of sp³-hybridized carbons (Fsp3) is 0.600. The maximum atomic E-state index is 12.7. The van der Waals surface area contributed by atoms with Crippen LogP contribution in [0.1, 0.15) is 48.4 Å². The molecule has 1 aromatic heterocycles. The molecule has 2 unspecified atom stereocenters. The molecule has 0 aromatic carbocycles. The van der Waals surface area contributed by atoms with Gasteiger partial charge in [-0.05, 0) is 38.2 Å². The van der Waals surface area contributed by atoms with Gasteiger partial charge in [-0.25, -0.2) is 4.79 Å². The summed E-state index contributed by atoms with van der Waals surface area (Å²) < 4.78 is 0. The SMILES string of the molecule is CCc1nnc(C)cc1C(=O)N1CCC(C)CC1C(=O)O. The fourth-order valence-corrected chi connectivity index (χ4v) is 2.73.